The number of carboxylic acid groups (broad SMARTS) is 1. The maximum Gasteiger partial charge on any atom is 0.416 e. The van der Waals surface area contributed by atoms with E-state index in [0.717, 1.165) is 40.8 Å². The molecule has 1 heterocycles. The van der Waals surface area contributed by atoms with E-state index >= 15 is 0 Å². The van der Waals surface area contributed by atoms with Gasteiger partial charge in [0.2, 0.25) is 0 Å². The Hall–Kier alpha value is -3.12. The first kappa shape index (κ1) is 22.4. The maximum absolute atomic E-state index is 13.3. The molecule has 0 spiro atoms. The number of hydrogen-bond acceptors (Lipinski definition) is 2. The van der Waals surface area contributed by atoms with Crippen LogP contribution in [-0.2, 0) is 22.9 Å². The summed E-state index contributed by atoms with van der Waals surface area (Å²) in [5.41, 5.74) is 1.73. The summed E-state index contributed by atoms with van der Waals surface area (Å²) < 4.78 is 40.0. The van der Waals surface area contributed by atoms with E-state index < -0.39 is 28.5 Å². The van der Waals surface area contributed by atoms with Crippen molar-refractivity contribution in [2.24, 2.45) is 11.3 Å². The number of carboxylic acids is 1. The molecule has 3 aromatic carbocycles. The van der Waals surface area contributed by atoms with Crippen molar-refractivity contribution in [1.29, 1.82) is 0 Å². The highest BCUT2D eigenvalue weighted by Gasteiger charge is 2.70. The van der Waals surface area contributed by atoms with E-state index in [-0.39, 0.29) is 11.8 Å². The SMILES string of the molecule is O=C(O)C12CN(Cc3ccccc3)CC1C1(c3ccc(C(F)(F)F)cc3)CCC2c2ccccc21. The minimum atomic E-state index is -4.41. The molecule has 3 aliphatic carbocycles. The number of halogens is 3. The van der Waals surface area contributed by atoms with Crippen LogP contribution in [0.15, 0.2) is 78.9 Å². The monoisotopic (exact) mass is 477 g/mol. The molecule has 4 aliphatic rings. The van der Waals surface area contributed by atoms with E-state index in [1.165, 1.54) is 0 Å². The highest BCUT2D eigenvalue weighted by molar-refractivity contribution is 5.80. The molecule has 1 saturated carbocycles. The van der Waals surface area contributed by atoms with Gasteiger partial charge in [0.1, 0.15) is 0 Å². The van der Waals surface area contributed by atoms with Crippen molar-refractivity contribution in [3.05, 3.63) is 107 Å². The Morgan fingerprint density at radius 2 is 1.66 bits per heavy atom. The van der Waals surface area contributed by atoms with E-state index in [2.05, 4.69) is 11.0 Å². The topological polar surface area (TPSA) is 40.5 Å². The minimum Gasteiger partial charge on any atom is -0.481 e. The first-order valence-corrected chi connectivity index (χ1v) is 12.0. The van der Waals surface area contributed by atoms with Crippen LogP contribution in [0, 0.1) is 11.3 Å². The van der Waals surface area contributed by atoms with Crippen LogP contribution in [0.5, 0.6) is 0 Å². The van der Waals surface area contributed by atoms with Gasteiger partial charge in [-0.3, -0.25) is 9.69 Å². The highest BCUT2D eigenvalue weighted by atomic mass is 19.4. The number of aliphatic carboxylic acids is 1. The Labute approximate surface area is 202 Å². The molecule has 4 atom stereocenters. The molecule has 1 saturated heterocycles. The molecule has 1 aliphatic heterocycles. The summed E-state index contributed by atoms with van der Waals surface area (Å²) >= 11 is 0. The molecule has 3 nitrogen and oxygen atoms in total. The Bertz CT molecular complexity index is 1270. The minimum absolute atomic E-state index is 0.113. The van der Waals surface area contributed by atoms with Gasteiger partial charge in [-0.25, -0.2) is 0 Å². The number of rotatable bonds is 4. The zero-order chi connectivity index (χ0) is 24.4. The van der Waals surface area contributed by atoms with Crippen molar-refractivity contribution in [3.8, 4) is 0 Å². The summed E-state index contributed by atoms with van der Waals surface area (Å²) in [4.78, 5) is 15.4. The van der Waals surface area contributed by atoms with E-state index in [4.69, 9.17) is 0 Å². The second-order valence-corrected chi connectivity index (χ2v) is 10.3. The first-order chi connectivity index (χ1) is 16.8. The number of alkyl halides is 3. The summed E-state index contributed by atoms with van der Waals surface area (Å²) in [7, 11) is 0. The van der Waals surface area contributed by atoms with Crippen molar-refractivity contribution < 1.29 is 23.1 Å². The van der Waals surface area contributed by atoms with Gasteiger partial charge >= 0.3 is 12.1 Å². The Morgan fingerprint density at radius 1 is 0.971 bits per heavy atom. The van der Waals surface area contributed by atoms with E-state index in [1.807, 2.05) is 48.5 Å². The number of nitrogens with zero attached hydrogens (tertiary/aromatic N) is 1. The van der Waals surface area contributed by atoms with E-state index in [9.17, 15) is 23.1 Å². The van der Waals surface area contributed by atoms with Crippen LogP contribution in [-0.4, -0.2) is 29.1 Å². The van der Waals surface area contributed by atoms with Gasteiger partial charge in [-0.05, 0) is 47.2 Å². The summed E-state index contributed by atoms with van der Waals surface area (Å²) in [6, 6.07) is 23.5. The van der Waals surface area contributed by atoms with Crippen molar-refractivity contribution in [3.63, 3.8) is 0 Å². The zero-order valence-electron chi connectivity index (χ0n) is 19.1. The molecule has 0 radical (unpaired) electrons. The third-order valence-corrected chi connectivity index (χ3v) is 8.78. The molecule has 4 unspecified atom stereocenters. The molecular formula is C29H26F3NO2. The molecular weight excluding hydrogens is 451 g/mol. The second-order valence-electron chi connectivity index (χ2n) is 10.3. The fourth-order valence-corrected chi connectivity index (χ4v) is 7.47. The fourth-order valence-electron chi connectivity index (χ4n) is 7.47. The number of likely N-dealkylation sites (tertiary alicyclic amines) is 1. The van der Waals surface area contributed by atoms with Crippen molar-refractivity contribution in [1.82, 2.24) is 4.90 Å². The van der Waals surface area contributed by atoms with Gasteiger partial charge in [0, 0.05) is 36.9 Å². The number of benzene rings is 3. The molecule has 2 fully saturated rings. The number of carbonyl (C=O) groups is 1. The van der Waals surface area contributed by atoms with Gasteiger partial charge in [-0.2, -0.15) is 13.2 Å². The molecule has 0 aromatic heterocycles. The van der Waals surface area contributed by atoms with Crippen molar-refractivity contribution in [2.75, 3.05) is 13.1 Å². The molecule has 1 N–H and O–H groups in total. The third-order valence-electron chi connectivity index (χ3n) is 8.78. The highest BCUT2D eigenvalue weighted by Crippen LogP contribution is 2.69. The lowest BCUT2D eigenvalue weighted by molar-refractivity contribution is -0.157. The lowest BCUT2D eigenvalue weighted by Gasteiger charge is -2.59. The predicted octanol–water partition coefficient (Wildman–Crippen LogP) is 6.09. The molecule has 2 bridgehead atoms. The summed E-state index contributed by atoms with van der Waals surface area (Å²) in [6.45, 7) is 1.68. The average molecular weight is 478 g/mol. The van der Waals surface area contributed by atoms with Crippen LogP contribution < -0.4 is 0 Å². The van der Waals surface area contributed by atoms with Crippen molar-refractivity contribution >= 4 is 5.97 Å². The Balaban J connectivity index is 1.51. The molecule has 0 amide bonds. The molecule has 3 aromatic rings. The van der Waals surface area contributed by atoms with Crippen LogP contribution >= 0.6 is 0 Å². The molecule has 180 valence electrons. The van der Waals surface area contributed by atoms with Crippen LogP contribution in [0.3, 0.4) is 0 Å². The number of fused-ring (bicyclic) bond motifs is 1. The maximum atomic E-state index is 13.3. The van der Waals surface area contributed by atoms with Crippen LogP contribution in [0.25, 0.3) is 0 Å². The van der Waals surface area contributed by atoms with Gasteiger partial charge in [-0.1, -0.05) is 66.7 Å². The molecule has 35 heavy (non-hydrogen) atoms. The van der Waals surface area contributed by atoms with E-state index in [1.54, 1.807) is 12.1 Å². The lowest BCUT2D eigenvalue weighted by Crippen LogP contribution is -2.60. The largest absolute Gasteiger partial charge is 0.481 e. The fraction of sp³-hybridized carbons (Fsp3) is 0.345. The van der Waals surface area contributed by atoms with E-state index in [0.29, 0.717) is 26.1 Å². The molecule has 6 heteroatoms. The van der Waals surface area contributed by atoms with Gasteiger partial charge in [0.05, 0.1) is 11.0 Å². The van der Waals surface area contributed by atoms with Gasteiger partial charge in [-0.15, -0.1) is 0 Å². The number of hydrogen-bond donors (Lipinski definition) is 1. The summed E-state index contributed by atoms with van der Waals surface area (Å²) in [5.74, 6) is -1.14. The second kappa shape index (κ2) is 7.69. The van der Waals surface area contributed by atoms with Gasteiger partial charge in [0.15, 0.2) is 0 Å². The normalized spacial score (nSPS) is 29.6. The summed E-state index contributed by atoms with van der Waals surface area (Å²) in [6.07, 6.45) is -2.97. The van der Waals surface area contributed by atoms with Crippen LogP contribution in [0.2, 0.25) is 0 Å². The average Bonchev–Trinajstić information content (AvgIpc) is 3.26. The molecule has 7 rings (SSSR count). The summed E-state index contributed by atoms with van der Waals surface area (Å²) in [5, 5.41) is 10.8. The zero-order valence-corrected chi connectivity index (χ0v) is 19.1. The van der Waals surface area contributed by atoms with Gasteiger partial charge in [0.25, 0.3) is 0 Å². The Kier molecular flexibility index (Phi) is 4.91. The Morgan fingerprint density at radius 3 is 2.34 bits per heavy atom. The first-order valence-electron chi connectivity index (χ1n) is 12.0. The van der Waals surface area contributed by atoms with Crippen molar-refractivity contribution in [2.45, 2.75) is 36.9 Å². The quantitative estimate of drug-likeness (QED) is 0.495. The third kappa shape index (κ3) is 3.12. The van der Waals surface area contributed by atoms with Crippen LogP contribution in [0.1, 0.15) is 46.6 Å². The lowest BCUT2D eigenvalue weighted by atomic mass is 9.42. The van der Waals surface area contributed by atoms with Crippen LogP contribution in [0.4, 0.5) is 13.2 Å². The predicted molar refractivity (Wildman–Crippen MR) is 126 cm³/mol. The smallest absolute Gasteiger partial charge is 0.416 e. The van der Waals surface area contributed by atoms with Gasteiger partial charge < -0.3 is 5.11 Å². The standard InChI is InChI=1S/C29H26F3NO2/c30-29(31,32)21-12-10-20(11-13-21)27-15-14-24(22-8-4-5-9-23(22)27)28(26(34)35)18-33(17-25(27)28)16-19-6-2-1-3-7-19/h1-13,24-25H,14-18H2,(H,34,35).